The monoisotopic (exact) mass is 226 g/mol. The van der Waals surface area contributed by atoms with E-state index in [1.807, 2.05) is 0 Å². The van der Waals surface area contributed by atoms with Crippen LogP contribution in [0.5, 0.6) is 0 Å². The quantitative estimate of drug-likeness (QED) is 0.604. The van der Waals surface area contributed by atoms with Crippen LogP contribution in [0.15, 0.2) is 18.3 Å². The fourth-order valence-electron chi connectivity index (χ4n) is 1.15. The maximum Gasteiger partial charge on any atom is 0.338 e. The molecule has 0 saturated heterocycles. The van der Waals surface area contributed by atoms with Gasteiger partial charge in [0.1, 0.15) is 6.10 Å². The van der Waals surface area contributed by atoms with E-state index >= 15 is 0 Å². The second-order valence-electron chi connectivity index (χ2n) is 3.16. The van der Waals surface area contributed by atoms with E-state index in [1.165, 1.54) is 18.3 Å². The zero-order chi connectivity index (χ0) is 12.1. The molecule has 1 aromatic rings. The average Bonchev–Trinajstić information content (AvgIpc) is 2.27. The first-order valence-electron chi connectivity index (χ1n) is 4.80. The third-order valence-electron chi connectivity index (χ3n) is 1.94. The van der Waals surface area contributed by atoms with Gasteiger partial charge in [-0.25, -0.2) is 4.79 Å². The lowest BCUT2D eigenvalue weighted by Crippen LogP contribution is -2.30. The summed E-state index contributed by atoms with van der Waals surface area (Å²) in [6, 6.07) is 2.92. The molecule has 88 valence electrons. The van der Waals surface area contributed by atoms with Crippen LogP contribution in [-0.2, 0) is 9.53 Å². The number of nitrogen functional groups attached to an aromatic ring is 1. The molecule has 0 saturated carbocycles. The molecule has 0 aromatic carbocycles. The fourth-order valence-corrected chi connectivity index (χ4v) is 1.15. The van der Waals surface area contributed by atoms with E-state index in [4.69, 9.17) is 5.73 Å². The lowest BCUT2D eigenvalue weighted by atomic mass is 10.1. The summed E-state index contributed by atoms with van der Waals surface area (Å²) in [4.78, 5) is 15.0. The highest BCUT2D eigenvalue weighted by atomic mass is 16.5. The first-order valence-corrected chi connectivity index (χ1v) is 4.80. The normalized spacial score (nSPS) is 14.2. The summed E-state index contributed by atoms with van der Waals surface area (Å²) in [6.45, 7) is 1.74. The molecule has 0 spiro atoms. The number of aromatic nitrogens is 1. The van der Waals surface area contributed by atoms with Gasteiger partial charge in [0, 0.05) is 11.9 Å². The van der Waals surface area contributed by atoms with Crippen molar-refractivity contribution in [1.82, 2.24) is 4.98 Å². The van der Waals surface area contributed by atoms with E-state index in [9.17, 15) is 15.0 Å². The topological polar surface area (TPSA) is 106 Å². The van der Waals surface area contributed by atoms with Gasteiger partial charge in [-0.15, -0.1) is 0 Å². The highest BCUT2D eigenvalue weighted by Crippen LogP contribution is 2.17. The van der Waals surface area contributed by atoms with Crippen molar-refractivity contribution in [2.75, 3.05) is 12.3 Å². The Morgan fingerprint density at radius 1 is 1.62 bits per heavy atom. The van der Waals surface area contributed by atoms with E-state index in [0.717, 1.165) is 0 Å². The third kappa shape index (κ3) is 2.91. The predicted octanol–water partition coefficient (Wildman–Crippen LogP) is -0.379. The van der Waals surface area contributed by atoms with Crippen LogP contribution in [0.2, 0.25) is 0 Å². The number of hydrogen-bond acceptors (Lipinski definition) is 6. The second kappa shape index (κ2) is 5.43. The second-order valence-corrected chi connectivity index (χ2v) is 3.16. The summed E-state index contributed by atoms with van der Waals surface area (Å²) in [5, 5.41) is 19.1. The van der Waals surface area contributed by atoms with Crippen LogP contribution in [0.25, 0.3) is 0 Å². The van der Waals surface area contributed by atoms with E-state index in [-0.39, 0.29) is 12.3 Å². The Kier molecular flexibility index (Phi) is 4.21. The zero-order valence-electron chi connectivity index (χ0n) is 8.83. The van der Waals surface area contributed by atoms with Gasteiger partial charge in [0.05, 0.1) is 12.3 Å². The van der Waals surface area contributed by atoms with E-state index in [2.05, 4.69) is 9.72 Å². The first kappa shape index (κ1) is 12.4. The number of pyridine rings is 1. The van der Waals surface area contributed by atoms with Crippen molar-refractivity contribution in [3.63, 3.8) is 0 Å². The Hall–Kier alpha value is -1.66. The van der Waals surface area contributed by atoms with Crippen LogP contribution in [0.4, 0.5) is 5.69 Å². The minimum atomic E-state index is -1.66. The summed E-state index contributed by atoms with van der Waals surface area (Å²) in [7, 11) is 0. The number of esters is 1. The Morgan fingerprint density at radius 3 is 2.88 bits per heavy atom. The molecule has 0 aliphatic carbocycles. The van der Waals surface area contributed by atoms with Crippen molar-refractivity contribution in [2.24, 2.45) is 0 Å². The molecule has 2 atom stereocenters. The number of aliphatic hydroxyl groups is 2. The smallest absolute Gasteiger partial charge is 0.338 e. The number of aliphatic hydroxyl groups excluding tert-OH is 2. The maximum atomic E-state index is 11.2. The number of nitrogens with two attached hydrogens (primary N) is 1. The minimum absolute atomic E-state index is 0.126. The largest absolute Gasteiger partial charge is 0.464 e. The molecule has 16 heavy (non-hydrogen) atoms. The molecule has 0 radical (unpaired) electrons. The third-order valence-corrected chi connectivity index (χ3v) is 1.94. The summed E-state index contributed by atoms with van der Waals surface area (Å²) >= 11 is 0. The van der Waals surface area contributed by atoms with Gasteiger partial charge in [-0.05, 0) is 19.1 Å². The van der Waals surface area contributed by atoms with Crippen LogP contribution in [0.3, 0.4) is 0 Å². The molecule has 0 aliphatic rings. The van der Waals surface area contributed by atoms with Gasteiger partial charge >= 0.3 is 5.97 Å². The Balaban J connectivity index is 2.77. The minimum Gasteiger partial charge on any atom is -0.464 e. The van der Waals surface area contributed by atoms with Crippen LogP contribution < -0.4 is 5.73 Å². The van der Waals surface area contributed by atoms with Crippen LogP contribution in [-0.4, -0.2) is 33.9 Å². The first-order chi connectivity index (χ1) is 7.56. The van der Waals surface area contributed by atoms with Crippen molar-refractivity contribution in [2.45, 2.75) is 19.1 Å². The zero-order valence-corrected chi connectivity index (χ0v) is 8.83. The van der Waals surface area contributed by atoms with Gasteiger partial charge in [0.2, 0.25) is 0 Å². The lowest BCUT2D eigenvalue weighted by Gasteiger charge is -2.15. The van der Waals surface area contributed by atoms with Crippen molar-refractivity contribution >= 4 is 11.7 Å². The number of ether oxygens (including phenoxy) is 1. The number of carbonyl (C=O) groups excluding carboxylic acids is 1. The number of carbonyl (C=O) groups is 1. The van der Waals surface area contributed by atoms with Crippen LogP contribution in [0, 0.1) is 0 Å². The highest BCUT2D eigenvalue weighted by molar-refractivity contribution is 5.75. The molecule has 6 nitrogen and oxygen atoms in total. The number of rotatable bonds is 4. The van der Waals surface area contributed by atoms with Crippen molar-refractivity contribution in [3.8, 4) is 0 Å². The Morgan fingerprint density at radius 2 is 2.31 bits per heavy atom. The summed E-state index contributed by atoms with van der Waals surface area (Å²) < 4.78 is 4.57. The van der Waals surface area contributed by atoms with Gasteiger partial charge in [0.25, 0.3) is 0 Å². The Labute approximate surface area is 92.7 Å². The number of nitrogens with zero attached hydrogens (tertiary/aromatic N) is 1. The van der Waals surface area contributed by atoms with Gasteiger partial charge in [-0.2, -0.15) is 0 Å². The molecular formula is C10H14N2O4. The van der Waals surface area contributed by atoms with Gasteiger partial charge in [-0.3, -0.25) is 4.98 Å². The molecule has 0 bridgehead atoms. The predicted molar refractivity (Wildman–Crippen MR) is 56.2 cm³/mol. The molecule has 1 rings (SSSR count). The number of anilines is 1. The van der Waals surface area contributed by atoms with E-state index in [0.29, 0.717) is 5.69 Å². The molecular weight excluding hydrogens is 212 g/mol. The summed E-state index contributed by atoms with van der Waals surface area (Å²) in [6.07, 6.45) is -1.72. The standard InChI is InChI=1S/C10H14N2O4/c1-2-16-10(15)9(14)8(13)7-5-6(11)3-4-12-7/h3-5,8-9,13-14H,2H2,1H3,(H2,11,12). The summed E-state index contributed by atoms with van der Waals surface area (Å²) in [5.74, 6) is -0.890. The molecule has 6 heteroatoms. The number of hydrogen-bond donors (Lipinski definition) is 3. The van der Waals surface area contributed by atoms with Gasteiger partial charge < -0.3 is 20.7 Å². The fraction of sp³-hybridized carbons (Fsp3) is 0.400. The van der Waals surface area contributed by atoms with Crippen molar-refractivity contribution < 1.29 is 19.7 Å². The van der Waals surface area contributed by atoms with E-state index < -0.39 is 18.2 Å². The van der Waals surface area contributed by atoms with Gasteiger partial charge in [-0.1, -0.05) is 0 Å². The summed E-state index contributed by atoms with van der Waals surface area (Å²) in [5.41, 5.74) is 6.00. The van der Waals surface area contributed by atoms with Crippen LogP contribution in [0.1, 0.15) is 18.7 Å². The van der Waals surface area contributed by atoms with Crippen molar-refractivity contribution in [1.29, 1.82) is 0 Å². The SMILES string of the molecule is CCOC(=O)C(O)C(O)c1cc(N)ccn1. The van der Waals surface area contributed by atoms with Crippen molar-refractivity contribution in [3.05, 3.63) is 24.0 Å². The molecule has 1 heterocycles. The molecule has 0 aliphatic heterocycles. The van der Waals surface area contributed by atoms with Gasteiger partial charge in [0.15, 0.2) is 6.10 Å². The molecule has 0 amide bonds. The molecule has 0 fully saturated rings. The molecule has 4 N–H and O–H groups in total. The highest BCUT2D eigenvalue weighted by Gasteiger charge is 2.27. The van der Waals surface area contributed by atoms with E-state index in [1.54, 1.807) is 6.92 Å². The average molecular weight is 226 g/mol. The Bertz CT molecular complexity index is 370. The molecule has 2 unspecified atom stereocenters. The maximum absolute atomic E-state index is 11.2. The lowest BCUT2D eigenvalue weighted by molar-refractivity contribution is -0.159. The molecule has 1 aromatic heterocycles. The van der Waals surface area contributed by atoms with Crippen LogP contribution >= 0.6 is 0 Å².